The van der Waals surface area contributed by atoms with Gasteiger partial charge in [0.2, 0.25) is 0 Å². The SMILES string of the molecule is CC(C)(C)OC(=O)N1CCc2oc3ccc(-n4ccc(OCc5ccc(F)cn5)cc4=O)cc3c2CC1. The molecular formula is C28H28FN3O5. The van der Waals surface area contributed by atoms with E-state index in [1.54, 1.807) is 17.2 Å². The summed E-state index contributed by atoms with van der Waals surface area (Å²) in [4.78, 5) is 31.1. The van der Waals surface area contributed by atoms with Gasteiger partial charge >= 0.3 is 6.09 Å². The van der Waals surface area contributed by atoms with E-state index in [9.17, 15) is 14.0 Å². The summed E-state index contributed by atoms with van der Waals surface area (Å²) in [5.41, 5.74) is 2.24. The maximum absolute atomic E-state index is 13.0. The van der Waals surface area contributed by atoms with Gasteiger partial charge in [-0.15, -0.1) is 0 Å². The lowest BCUT2D eigenvalue weighted by molar-refractivity contribution is 0.0257. The van der Waals surface area contributed by atoms with E-state index in [1.807, 2.05) is 39.0 Å². The molecule has 5 rings (SSSR count). The minimum Gasteiger partial charge on any atom is -0.487 e. The molecule has 37 heavy (non-hydrogen) atoms. The number of carbonyl (C=O) groups excluding carboxylic acids is 1. The first-order valence-electron chi connectivity index (χ1n) is 12.1. The Kier molecular flexibility index (Phi) is 6.45. The van der Waals surface area contributed by atoms with Crippen molar-refractivity contribution in [1.29, 1.82) is 0 Å². The molecule has 1 aliphatic rings. The third-order valence-corrected chi connectivity index (χ3v) is 6.09. The van der Waals surface area contributed by atoms with Gasteiger partial charge in [0.15, 0.2) is 0 Å². The van der Waals surface area contributed by atoms with E-state index in [4.69, 9.17) is 13.9 Å². The molecule has 0 aliphatic carbocycles. The molecule has 0 N–H and O–H groups in total. The van der Waals surface area contributed by atoms with E-state index < -0.39 is 11.4 Å². The number of aromatic nitrogens is 2. The van der Waals surface area contributed by atoms with Crippen LogP contribution < -0.4 is 10.3 Å². The van der Waals surface area contributed by atoms with Gasteiger partial charge < -0.3 is 18.8 Å². The van der Waals surface area contributed by atoms with Gasteiger partial charge in [-0.2, -0.15) is 0 Å². The van der Waals surface area contributed by atoms with Crippen LogP contribution in [-0.2, 0) is 24.2 Å². The van der Waals surface area contributed by atoms with Crippen LogP contribution in [0.4, 0.5) is 9.18 Å². The topological polar surface area (TPSA) is 86.8 Å². The number of amides is 1. The Labute approximate surface area is 213 Å². The molecule has 8 nitrogen and oxygen atoms in total. The van der Waals surface area contributed by atoms with Gasteiger partial charge in [-0.05, 0) is 63.6 Å². The lowest BCUT2D eigenvalue weighted by atomic mass is 10.1. The Balaban J connectivity index is 1.34. The fraction of sp³-hybridized carbons (Fsp3) is 0.321. The monoisotopic (exact) mass is 505 g/mol. The van der Waals surface area contributed by atoms with Crippen LogP contribution >= 0.6 is 0 Å². The zero-order valence-corrected chi connectivity index (χ0v) is 21.0. The fourth-order valence-electron chi connectivity index (χ4n) is 4.33. The van der Waals surface area contributed by atoms with Crippen LogP contribution in [0.25, 0.3) is 16.7 Å². The normalized spacial score (nSPS) is 13.8. The zero-order chi connectivity index (χ0) is 26.2. The number of hydrogen-bond donors (Lipinski definition) is 0. The second-order valence-electron chi connectivity index (χ2n) is 9.98. The summed E-state index contributed by atoms with van der Waals surface area (Å²) < 4.78 is 31.9. The Morgan fingerprint density at radius 3 is 2.65 bits per heavy atom. The van der Waals surface area contributed by atoms with Gasteiger partial charge in [0.1, 0.15) is 35.1 Å². The van der Waals surface area contributed by atoms with Crippen LogP contribution in [0.2, 0.25) is 0 Å². The molecule has 1 amide bonds. The first kappa shape index (κ1) is 24.5. The number of rotatable bonds is 4. The number of pyridine rings is 2. The molecule has 0 fully saturated rings. The van der Waals surface area contributed by atoms with Gasteiger partial charge in [-0.25, -0.2) is 9.18 Å². The van der Waals surface area contributed by atoms with Crippen LogP contribution in [0.15, 0.2) is 64.1 Å². The summed E-state index contributed by atoms with van der Waals surface area (Å²) in [6.07, 6.45) is 3.67. The Bertz CT molecular complexity index is 1500. The fourth-order valence-corrected chi connectivity index (χ4v) is 4.33. The van der Waals surface area contributed by atoms with Crippen LogP contribution in [0.1, 0.15) is 37.8 Å². The molecule has 4 heterocycles. The summed E-state index contributed by atoms with van der Waals surface area (Å²) in [6, 6.07) is 11.6. The molecule has 9 heteroatoms. The molecule has 0 bridgehead atoms. The molecule has 192 valence electrons. The average molecular weight is 506 g/mol. The quantitative estimate of drug-likeness (QED) is 0.387. The van der Waals surface area contributed by atoms with Crippen molar-refractivity contribution in [3.63, 3.8) is 0 Å². The van der Waals surface area contributed by atoms with Gasteiger partial charge in [-0.1, -0.05) is 0 Å². The second kappa shape index (κ2) is 9.72. The third kappa shape index (κ3) is 5.50. The molecule has 1 aromatic carbocycles. The highest BCUT2D eigenvalue weighted by Gasteiger charge is 2.26. The van der Waals surface area contributed by atoms with Crippen molar-refractivity contribution in [2.24, 2.45) is 0 Å². The molecule has 0 saturated carbocycles. The summed E-state index contributed by atoms with van der Waals surface area (Å²) in [6.45, 7) is 6.72. The van der Waals surface area contributed by atoms with Crippen molar-refractivity contribution in [1.82, 2.24) is 14.5 Å². The highest BCUT2D eigenvalue weighted by molar-refractivity contribution is 5.84. The summed E-state index contributed by atoms with van der Waals surface area (Å²) in [5.74, 6) is 0.828. The van der Waals surface area contributed by atoms with E-state index in [0.717, 1.165) is 28.5 Å². The van der Waals surface area contributed by atoms with Crippen LogP contribution in [0, 0.1) is 5.82 Å². The van der Waals surface area contributed by atoms with Gasteiger partial charge in [0, 0.05) is 48.4 Å². The lowest BCUT2D eigenvalue weighted by Gasteiger charge is -2.26. The highest BCUT2D eigenvalue weighted by Crippen LogP contribution is 2.31. The average Bonchev–Trinajstić information content (AvgIpc) is 3.05. The smallest absolute Gasteiger partial charge is 0.410 e. The number of hydrogen-bond acceptors (Lipinski definition) is 6. The van der Waals surface area contributed by atoms with Crippen LogP contribution in [0.3, 0.4) is 0 Å². The molecule has 3 aromatic heterocycles. The predicted molar refractivity (Wildman–Crippen MR) is 136 cm³/mol. The van der Waals surface area contributed by atoms with Crippen molar-refractivity contribution in [3.8, 4) is 11.4 Å². The molecule has 0 spiro atoms. The van der Waals surface area contributed by atoms with Crippen LogP contribution in [-0.4, -0.2) is 39.2 Å². The standard InChI is InChI=1S/C28H28FN3O5/c1-28(2,3)37-27(34)31-11-9-22-23-14-20(6-7-24(23)36-25(22)10-12-31)32-13-8-21(15-26(32)33)35-17-19-5-4-18(29)16-30-19/h4-8,13-16H,9-12,17H2,1-3H3. The number of fused-ring (bicyclic) bond motifs is 3. The number of carbonyl (C=O) groups is 1. The largest absolute Gasteiger partial charge is 0.487 e. The van der Waals surface area contributed by atoms with E-state index in [-0.39, 0.29) is 18.3 Å². The summed E-state index contributed by atoms with van der Waals surface area (Å²) in [7, 11) is 0. The summed E-state index contributed by atoms with van der Waals surface area (Å²) in [5, 5.41) is 0.924. The Morgan fingerprint density at radius 2 is 1.92 bits per heavy atom. The number of furan rings is 1. The van der Waals surface area contributed by atoms with E-state index in [1.165, 1.54) is 22.8 Å². The third-order valence-electron chi connectivity index (χ3n) is 6.09. The minimum atomic E-state index is -0.552. The Hall–Kier alpha value is -4.14. The maximum Gasteiger partial charge on any atom is 0.410 e. The lowest BCUT2D eigenvalue weighted by Crippen LogP contribution is -2.38. The predicted octanol–water partition coefficient (Wildman–Crippen LogP) is 5.03. The van der Waals surface area contributed by atoms with Gasteiger partial charge in [0.25, 0.3) is 5.56 Å². The summed E-state index contributed by atoms with van der Waals surface area (Å²) >= 11 is 0. The number of nitrogens with zero attached hydrogens (tertiary/aromatic N) is 3. The van der Waals surface area contributed by atoms with E-state index in [2.05, 4.69) is 4.98 Å². The van der Waals surface area contributed by atoms with Crippen molar-refractivity contribution < 1.29 is 23.1 Å². The number of ether oxygens (including phenoxy) is 2. The van der Waals surface area contributed by atoms with E-state index >= 15 is 0 Å². The van der Waals surface area contributed by atoms with Gasteiger partial charge in [0.05, 0.1) is 11.9 Å². The number of halogens is 1. The number of benzene rings is 1. The van der Waals surface area contributed by atoms with E-state index in [0.29, 0.717) is 43.1 Å². The van der Waals surface area contributed by atoms with Crippen molar-refractivity contribution in [2.45, 2.75) is 45.8 Å². The molecule has 1 aliphatic heterocycles. The second-order valence-corrected chi connectivity index (χ2v) is 9.98. The van der Waals surface area contributed by atoms with Crippen LogP contribution in [0.5, 0.6) is 5.75 Å². The molecule has 0 atom stereocenters. The molecular weight excluding hydrogens is 477 g/mol. The van der Waals surface area contributed by atoms with Crippen molar-refractivity contribution in [3.05, 3.63) is 88.0 Å². The molecule has 0 saturated heterocycles. The minimum absolute atomic E-state index is 0.122. The molecule has 0 unspecified atom stereocenters. The highest BCUT2D eigenvalue weighted by atomic mass is 19.1. The molecule has 0 radical (unpaired) electrons. The maximum atomic E-state index is 13.0. The van der Waals surface area contributed by atoms with Crippen molar-refractivity contribution in [2.75, 3.05) is 13.1 Å². The first-order valence-corrected chi connectivity index (χ1v) is 12.1. The van der Waals surface area contributed by atoms with Gasteiger partial charge in [-0.3, -0.25) is 14.3 Å². The molecule has 4 aromatic rings. The zero-order valence-electron chi connectivity index (χ0n) is 21.0. The Morgan fingerprint density at radius 1 is 1.11 bits per heavy atom. The first-order chi connectivity index (χ1) is 17.7. The van der Waals surface area contributed by atoms with Crippen molar-refractivity contribution >= 4 is 17.1 Å².